The van der Waals surface area contributed by atoms with Crippen molar-refractivity contribution in [3.63, 3.8) is 0 Å². The van der Waals surface area contributed by atoms with Gasteiger partial charge in [-0.15, -0.1) is 0 Å². The average molecular weight is 370 g/mol. The van der Waals surface area contributed by atoms with Crippen molar-refractivity contribution in [2.45, 2.75) is 39.3 Å². The van der Waals surface area contributed by atoms with Crippen LogP contribution in [0.4, 0.5) is 0 Å². The molecule has 146 valence electrons. The summed E-state index contributed by atoms with van der Waals surface area (Å²) in [7, 11) is 0. The fraction of sp³-hybridized carbons (Fsp3) is 0.524. The normalized spacial score (nSPS) is 14.3. The van der Waals surface area contributed by atoms with Gasteiger partial charge in [-0.3, -0.25) is 0 Å². The highest BCUT2D eigenvalue weighted by Gasteiger charge is 2.20. The fourth-order valence-electron chi connectivity index (χ4n) is 2.85. The lowest BCUT2D eigenvalue weighted by Crippen LogP contribution is -2.38. The standard InChI is InChI=1S/C21H31N5O/c1-2-23-21(24-9-4-12-27-16-18-7-8-18)25-14-19-5-3-6-20(13-19)15-26-11-10-22-17-26/h3,5-6,10-11,13,17-18H,2,4,7-9,12,14-16H2,1H3,(H2,23,24,25). The highest BCUT2D eigenvalue weighted by molar-refractivity contribution is 5.79. The minimum absolute atomic E-state index is 0.658. The van der Waals surface area contributed by atoms with Gasteiger partial charge in [0.1, 0.15) is 0 Å². The Labute approximate surface area is 162 Å². The highest BCUT2D eigenvalue weighted by atomic mass is 16.5. The fourth-order valence-corrected chi connectivity index (χ4v) is 2.85. The molecule has 0 aliphatic heterocycles. The van der Waals surface area contributed by atoms with E-state index in [1.807, 2.05) is 12.5 Å². The molecule has 1 aliphatic rings. The van der Waals surface area contributed by atoms with Crippen molar-refractivity contribution in [2.24, 2.45) is 10.9 Å². The van der Waals surface area contributed by atoms with Crippen LogP contribution in [0.5, 0.6) is 0 Å². The third-order valence-corrected chi connectivity index (χ3v) is 4.49. The van der Waals surface area contributed by atoms with Crippen molar-refractivity contribution in [3.8, 4) is 0 Å². The van der Waals surface area contributed by atoms with Gasteiger partial charge in [-0.1, -0.05) is 24.3 Å². The van der Waals surface area contributed by atoms with Crippen LogP contribution in [0.15, 0.2) is 48.0 Å². The molecule has 6 heteroatoms. The van der Waals surface area contributed by atoms with Gasteiger partial charge in [-0.05, 0) is 43.2 Å². The third kappa shape index (κ3) is 7.43. The summed E-state index contributed by atoms with van der Waals surface area (Å²) in [5.41, 5.74) is 2.46. The summed E-state index contributed by atoms with van der Waals surface area (Å²) in [5, 5.41) is 6.70. The zero-order chi connectivity index (χ0) is 18.7. The lowest BCUT2D eigenvalue weighted by atomic mass is 10.1. The van der Waals surface area contributed by atoms with E-state index in [0.717, 1.165) is 51.1 Å². The Morgan fingerprint density at radius 3 is 2.96 bits per heavy atom. The molecule has 0 atom stereocenters. The van der Waals surface area contributed by atoms with Crippen molar-refractivity contribution in [3.05, 3.63) is 54.1 Å². The Balaban J connectivity index is 1.43. The van der Waals surface area contributed by atoms with E-state index in [2.05, 4.69) is 51.4 Å². The minimum atomic E-state index is 0.658. The first-order chi connectivity index (χ1) is 13.3. The van der Waals surface area contributed by atoms with Gasteiger partial charge in [0.05, 0.1) is 12.9 Å². The summed E-state index contributed by atoms with van der Waals surface area (Å²) in [4.78, 5) is 8.81. The second kappa shape index (κ2) is 10.7. The van der Waals surface area contributed by atoms with Gasteiger partial charge in [0.15, 0.2) is 5.96 Å². The number of nitrogens with zero attached hydrogens (tertiary/aromatic N) is 3. The first-order valence-electron chi connectivity index (χ1n) is 9.97. The van der Waals surface area contributed by atoms with Crippen LogP contribution in [0.2, 0.25) is 0 Å². The molecule has 6 nitrogen and oxygen atoms in total. The van der Waals surface area contributed by atoms with Crippen LogP contribution in [-0.2, 0) is 17.8 Å². The van der Waals surface area contributed by atoms with Gasteiger partial charge in [-0.25, -0.2) is 9.98 Å². The highest BCUT2D eigenvalue weighted by Crippen LogP contribution is 2.28. The zero-order valence-electron chi connectivity index (χ0n) is 16.2. The van der Waals surface area contributed by atoms with Crippen LogP contribution >= 0.6 is 0 Å². The van der Waals surface area contributed by atoms with Crippen LogP contribution in [0, 0.1) is 5.92 Å². The first kappa shape index (κ1) is 19.4. The molecule has 0 spiro atoms. The monoisotopic (exact) mass is 369 g/mol. The quantitative estimate of drug-likeness (QED) is 0.363. The number of benzene rings is 1. The molecule has 0 radical (unpaired) electrons. The maximum absolute atomic E-state index is 5.68. The van der Waals surface area contributed by atoms with E-state index in [4.69, 9.17) is 9.73 Å². The summed E-state index contributed by atoms with van der Waals surface area (Å²) < 4.78 is 7.75. The summed E-state index contributed by atoms with van der Waals surface area (Å²) in [6.45, 7) is 7.05. The van der Waals surface area contributed by atoms with Crippen LogP contribution < -0.4 is 10.6 Å². The Morgan fingerprint density at radius 2 is 2.19 bits per heavy atom. The Bertz CT molecular complexity index is 694. The van der Waals surface area contributed by atoms with Crippen molar-refractivity contribution < 1.29 is 4.74 Å². The summed E-state index contributed by atoms with van der Waals surface area (Å²) >= 11 is 0. The molecule has 1 aromatic carbocycles. The molecule has 2 N–H and O–H groups in total. The van der Waals surface area contributed by atoms with Gasteiger partial charge in [-0.2, -0.15) is 0 Å². The molecule has 1 aliphatic carbocycles. The SMILES string of the molecule is CCNC(=NCc1cccc(Cn2ccnc2)c1)NCCCOCC1CC1. The van der Waals surface area contributed by atoms with Crippen molar-refractivity contribution >= 4 is 5.96 Å². The molecule has 0 amide bonds. The molecule has 1 heterocycles. The number of aromatic nitrogens is 2. The molecule has 0 bridgehead atoms. The van der Waals surface area contributed by atoms with E-state index >= 15 is 0 Å². The van der Waals surface area contributed by atoms with Gasteiger partial charge < -0.3 is 19.9 Å². The van der Waals surface area contributed by atoms with Gasteiger partial charge in [0.2, 0.25) is 0 Å². The Morgan fingerprint density at radius 1 is 1.30 bits per heavy atom. The largest absolute Gasteiger partial charge is 0.381 e. The van der Waals surface area contributed by atoms with E-state index in [1.54, 1.807) is 6.20 Å². The number of imidazole rings is 1. The molecule has 0 unspecified atom stereocenters. The predicted octanol–water partition coefficient (Wildman–Crippen LogP) is 2.80. The molecule has 3 rings (SSSR count). The maximum atomic E-state index is 5.68. The number of ether oxygens (including phenoxy) is 1. The molecular formula is C21H31N5O. The van der Waals surface area contributed by atoms with E-state index < -0.39 is 0 Å². The van der Waals surface area contributed by atoms with Crippen LogP contribution in [-0.4, -0.2) is 41.8 Å². The molecular weight excluding hydrogens is 338 g/mol. The second-order valence-electron chi connectivity index (χ2n) is 7.05. The molecule has 2 aromatic rings. The lowest BCUT2D eigenvalue weighted by Gasteiger charge is -2.12. The summed E-state index contributed by atoms with van der Waals surface area (Å²) in [6, 6.07) is 8.56. The van der Waals surface area contributed by atoms with E-state index in [-0.39, 0.29) is 0 Å². The lowest BCUT2D eigenvalue weighted by molar-refractivity contribution is 0.123. The summed E-state index contributed by atoms with van der Waals surface area (Å²) in [6.07, 6.45) is 9.31. The average Bonchev–Trinajstić information content (AvgIpc) is 3.37. The smallest absolute Gasteiger partial charge is 0.191 e. The van der Waals surface area contributed by atoms with Gasteiger partial charge in [0.25, 0.3) is 0 Å². The third-order valence-electron chi connectivity index (χ3n) is 4.49. The van der Waals surface area contributed by atoms with Gasteiger partial charge in [0, 0.05) is 45.2 Å². The number of hydrogen-bond donors (Lipinski definition) is 2. The molecule has 1 fully saturated rings. The number of nitrogens with one attached hydrogen (secondary N) is 2. The summed E-state index contributed by atoms with van der Waals surface area (Å²) in [5.74, 6) is 1.70. The van der Waals surface area contributed by atoms with E-state index in [9.17, 15) is 0 Å². The second-order valence-corrected chi connectivity index (χ2v) is 7.05. The van der Waals surface area contributed by atoms with Crippen molar-refractivity contribution in [2.75, 3.05) is 26.3 Å². The number of hydrogen-bond acceptors (Lipinski definition) is 3. The molecule has 1 aromatic heterocycles. The number of guanidine groups is 1. The molecule has 0 saturated heterocycles. The topological polar surface area (TPSA) is 63.5 Å². The van der Waals surface area contributed by atoms with Crippen LogP contribution in [0.1, 0.15) is 37.3 Å². The minimum Gasteiger partial charge on any atom is -0.381 e. The number of rotatable bonds is 11. The van der Waals surface area contributed by atoms with Gasteiger partial charge >= 0.3 is 0 Å². The van der Waals surface area contributed by atoms with Crippen LogP contribution in [0.25, 0.3) is 0 Å². The van der Waals surface area contributed by atoms with Crippen molar-refractivity contribution in [1.29, 1.82) is 0 Å². The van der Waals surface area contributed by atoms with Crippen LogP contribution in [0.3, 0.4) is 0 Å². The molecule has 1 saturated carbocycles. The number of aliphatic imine (C=N–C) groups is 1. The first-order valence-corrected chi connectivity index (χ1v) is 9.97. The Kier molecular flexibility index (Phi) is 7.71. The predicted molar refractivity (Wildman–Crippen MR) is 109 cm³/mol. The zero-order valence-corrected chi connectivity index (χ0v) is 16.2. The van der Waals surface area contributed by atoms with E-state index in [0.29, 0.717) is 6.54 Å². The van der Waals surface area contributed by atoms with Crippen molar-refractivity contribution in [1.82, 2.24) is 20.2 Å². The molecule has 27 heavy (non-hydrogen) atoms. The van der Waals surface area contributed by atoms with E-state index in [1.165, 1.54) is 24.0 Å². The Hall–Kier alpha value is -2.34. The maximum Gasteiger partial charge on any atom is 0.191 e.